The Morgan fingerprint density at radius 1 is 1.06 bits per heavy atom. The molecular formula is C21H22F2N2O5S. The number of aliphatic hydroxyl groups is 1. The summed E-state index contributed by atoms with van der Waals surface area (Å²) >= 11 is 0. The van der Waals surface area contributed by atoms with Gasteiger partial charge in [-0.2, -0.15) is 0 Å². The van der Waals surface area contributed by atoms with Crippen LogP contribution in [0, 0.1) is 11.6 Å². The average molecular weight is 452 g/mol. The van der Waals surface area contributed by atoms with E-state index in [0.29, 0.717) is 5.56 Å². The molecule has 1 aliphatic rings. The van der Waals surface area contributed by atoms with E-state index in [0.717, 1.165) is 24.3 Å². The zero-order valence-corrected chi connectivity index (χ0v) is 17.2. The van der Waals surface area contributed by atoms with Crippen LogP contribution in [0.4, 0.5) is 8.78 Å². The van der Waals surface area contributed by atoms with Crippen LogP contribution in [0.25, 0.3) is 0 Å². The standard InChI is InChI=1S/C21H22F2N2O5S/c22-15-5-8-17(9-6-15)31(28,29)25-19-10-7-16(30-20(19)13-26)11-21(27)24-12-14-3-1-2-4-18(14)23/h1-10,16,19-20,25-26H,11-13H2,(H,24,27)/t16-,19-,20+/m0/s1. The Morgan fingerprint density at radius 3 is 2.45 bits per heavy atom. The van der Waals surface area contributed by atoms with Gasteiger partial charge in [-0.15, -0.1) is 0 Å². The predicted octanol–water partition coefficient (Wildman–Crippen LogP) is 1.63. The lowest BCUT2D eigenvalue weighted by Gasteiger charge is -2.31. The first kappa shape index (κ1) is 23.0. The van der Waals surface area contributed by atoms with Crippen LogP contribution in [-0.2, 0) is 26.1 Å². The van der Waals surface area contributed by atoms with Crippen molar-refractivity contribution < 1.29 is 31.8 Å². The van der Waals surface area contributed by atoms with Crippen molar-refractivity contribution in [1.29, 1.82) is 0 Å². The van der Waals surface area contributed by atoms with E-state index < -0.39 is 46.5 Å². The monoisotopic (exact) mass is 452 g/mol. The molecule has 2 aromatic rings. The number of carbonyl (C=O) groups is 1. The number of aliphatic hydroxyl groups excluding tert-OH is 1. The first-order valence-electron chi connectivity index (χ1n) is 9.51. The number of sulfonamides is 1. The summed E-state index contributed by atoms with van der Waals surface area (Å²) in [5.74, 6) is -1.38. The Kier molecular flexibility index (Phi) is 7.50. The highest BCUT2D eigenvalue weighted by atomic mass is 32.2. The average Bonchev–Trinajstić information content (AvgIpc) is 2.74. The van der Waals surface area contributed by atoms with Crippen LogP contribution < -0.4 is 10.0 Å². The van der Waals surface area contributed by atoms with Gasteiger partial charge in [-0.1, -0.05) is 30.4 Å². The smallest absolute Gasteiger partial charge is 0.241 e. The van der Waals surface area contributed by atoms with Gasteiger partial charge >= 0.3 is 0 Å². The van der Waals surface area contributed by atoms with E-state index in [1.807, 2.05) is 0 Å². The zero-order valence-electron chi connectivity index (χ0n) is 16.4. The van der Waals surface area contributed by atoms with Gasteiger partial charge in [0, 0.05) is 12.1 Å². The summed E-state index contributed by atoms with van der Waals surface area (Å²) in [5, 5.41) is 12.2. The Balaban J connectivity index is 1.59. The van der Waals surface area contributed by atoms with Crippen LogP contribution in [-0.4, -0.2) is 44.3 Å². The van der Waals surface area contributed by atoms with Crippen molar-refractivity contribution in [3.8, 4) is 0 Å². The van der Waals surface area contributed by atoms with Crippen LogP contribution in [0.2, 0.25) is 0 Å². The summed E-state index contributed by atoms with van der Waals surface area (Å²) in [5.41, 5.74) is 0.347. The molecule has 0 bridgehead atoms. The molecule has 31 heavy (non-hydrogen) atoms. The molecule has 0 unspecified atom stereocenters. The summed E-state index contributed by atoms with van der Waals surface area (Å²) in [7, 11) is -3.98. The number of benzene rings is 2. The minimum atomic E-state index is -3.98. The fourth-order valence-electron chi connectivity index (χ4n) is 3.06. The van der Waals surface area contributed by atoms with E-state index in [4.69, 9.17) is 4.74 Å². The molecule has 1 heterocycles. The maximum absolute atomic E-state index is 13.6. The molecule has 0 fully saturated rings. The molecule has 3 atom stereocenters. The second kappa shape index (κ2) is 10.1. The molecule has 1 amide bonds. The van der Waals surface area contributed by atoms with Crippen LogP contribution in [0.5, 0.6) is 0 Å². The zero-order chi connectivity index (χ0) is 22.4. The van der Waals surface area contributed by atoms with E-state index in [1.165, 1.54) is 18.2 Å². The lowest BCUT2D eigenvalue weighted by atomic mass is 10.1. The second-order valence-electron chi connectivity index (χ2n) is 6.95. The van der Waals surface area contributed by atoms with Crippen LogP contribution in [0.15, 0.2) is 65.6 Å². The molecule has 0 aliphatic carbocycles. The molecule has 0 radical (unpaired) electrons. The Hall–Kier alpha value is -2.66. The number of amides is 1. The minimum Gasteiger partial charge on any atom is -0.394 e. The SMILES string of the molecule is O=C(C[C@@H]1C=C[C@H](NS(=O)(=O)c2ccc(F)cc2)[C@@H](CO)O1)NCc1ccccc1F. The first-order chi connectivity index (χ1) is 14.8. The molecule has 0 aromatic heterocycles. The fraction of sp³-hybridized carbons (Fsp3) is 0.286. The van der Waals surface area contributed by atoms with E-state index in [9.17, 15) is 27.1 Å². The Bertz CT molecular complexity index is 1040. The third kappa shape index (κ3) is 6.17. The van der Waals surface area contributed by atoms with Gasteiger partial charge in [0.2, 0.25) is 15.9 Å². The van der Waals surface area contributed by atoms with Crippen LogP contribution in [0.1, 0.15) is 12.0 Å². The van der Waals surface area contributed by atoms with E-state index in [-0.39, 0.29) is 23.8 Å². The van der Waals surface area contributed by atoms with E-state index in [2.05, 4.69) is 10.0 Å². The van der Waals surface area contributed by atoms with Crippen molar-refractivity contribution in [2.75, 3.05) is 6.61 Å². The third-order valence-corrected chi connectivity index (χ3v) is 6.17. The number of hydrogen-bond donors (Lipinski definition) is 3. The number of nitrogens with one attached hydrogen (secondary N) is 2. The van der Waals surface area contributed by atoms with Crippen molar-refractivity contribution in [2.45, 2.75) is 36.1 Å². The normalized spacial score (nSPS) is 21.1. The molecule has 3 rings (SSSR count). The molecule has 0 spiro atoms. The molecule has 3 N–H and O–H groups in total. The highest BCUT2D eigenvalue weighted by molar-refractivity contribution is 7.89. The van der Waals surface area contributed by atoms with Crippen LogP contribution >= 0.6 is 0 Å². The minimum absolute atomic E-state index is 0.0193. The topological polar surface area (TPSA) is 105 Å². The number of rotatable bonds is 8. The van der Waals surface area contributed by atoms with Crippen molar-refractivity contribution >= 4 is 15.9 Å². The Labute approximate surface area is 178 Å². The second-order valence-corrected chi connectivity index (χ2v) is 8.67. The van der Waals surface area contributed by atoms with Gasteiger partial charge in [0.15, 0.2) is 0 Å². The molecule has 0 saturated heterocycles. The van der Waals surface area contributed by atoms with Gasteiger partial charge in [0.1, 0.15) is 17.7 Å². The van der Waals surface area contributed by atoms with Crippen molar-refractivity contribution in [3.63, 3.8) is 0 Å². The lowest BCUT2D eigenvalue weighted by Crippen LogP contribution is -2.49. The summed E-state index contributed by atoms with van der Waals surface area (Å²) in [6.45, 7) is -0.472. The Morgan fingerprint density at radius 2 is 1.77 bits per heavy atom. The van der Waals surface area contributed by atoms with Crippen molar-refractivity contribution in [1.82, 2.24) is 10.0 Å². The largest absolute Gasteiger partial charge is 0.394 e. The van der Waals surface area contributed by atoms with Gasteiger partial charge in [-0.3, -0.25) is 4.79 Å². The molecule has 10 heteroatoms. The van der Waals surface area contributed by atoms with Gasteiger partial charge in [0.05, 0.1) is 30.1 Å². The highest BCUT2D eigenvalue weighted by Crippen LogP contribution is 2.19. The highest BCUT2D eigenvalue weighted by Gasteiger charge is 2.31. The van der Waals surface area contributed by atoms with Gasteiger partial charge in [-0.25, -0.2) is 21.9 Å². The van der Waals surface area contributed by atoms with Gasteiger partial charge < -0.3 is 15.2 Å². The lowest BCUT2D eigenvalue weighted by molar-refractivity contribution is -0.125. The van der Waals surface area contributed by atoms with E-state index >= 15 is 0 Å². The van der Waals surface area contributed by atoms with Gasteiger partial charge in [0.25, 0.3) is 0 Å². The maximum atomic E-state index is 13.6. The first-order valence-corrected chi connectivity index (χ1v) is 11.0. The van der Waals surface area contributed by atoms with Crippen molar-refractivity contribution in [3.05, 3.63) is 77.9 Å². The molecular weight excluding hydrogens is 430 g/mol. The molecule has 166 valence electrons. The number of hydrogen-bond acceptors (Lipinski definition) is 5. The summed E-state index contributed by atoms with van der Waals surface area (Å²) in [6, 6.07) is 9.51. The summed E-state index contributed by atoms with van der Waals surface area (Å²) < 4.78 is 59.7. The third-order valence-electron chi connectivity index (χ3n) is 4.70. The fourth-order valence-corrected chi connectivity index (χ4v) is 4.28. The van der Waals surface area contributed by atoms with Crippen LogP contribution in [0.3, 0.4) is 0 Å². The maximum Gasteiger partial charge on any atom is 0.241 e. The quantitative estimate of drug-likeness (QED) is 0.528. The summed E-state index contributed by atoms with van der Waals surface area (Å²) in [4.78, 5) is 12.0. The number of ether oxygens (including phenoxy) is 1. The molecule has 2 aromatic carbocycles. The number of carbonyl (C=O) groups excluding carboxylic acids is 1. The van der Waals surface area contributed by atoms with E-state index in [1.54, 1.807) is 18.2 Å². The molecule has 0 saturated carbocycles. The van der Waals surface area contributed by atoms with Crippen molar-refractivity contribution in [2.24, 2.45) is 0 Å². The molecule has 7 nitrogen and oxygen atoms in total. The number of halogens is 2. The summed E-state index contributed by atoms with van der Waals surface area (Å²) in [6.07, 6.45) is 1.32. The molecule has 1 aliphatic heterocycles. The predicted molar refractivity (Wildman–Crippen MR) is 108 cm³/mol. The van der Waals surface area contributed by atoms with Gasteiger partial charge in [-0.05, 0) is 30.3 Å².